The minimum absolute atomic E-state index is 0.0398. The SMILES string of the molecule is CC(=O)COCCOCCOCCOc1ccc(N2C(=O)C(Sc3ccc(C(=O)N4CCOCC4)cc3)=C(Sc3ccc(C(=O)N4CCOCC4)cc3)C2=O)cn1. The second kappa shape index (κ2) is 21.2. The molecule has 3 aliphatic rings. The number of amides is 4. The van der Waals surface area contributed by atoms with Crippen LogP contribution in [0.5, 0.6) is 5.88 Å². The van der Waals surface area contributed by atoms with Crippen LogP contribution in [0.15, 0.2) is 86.5 Å². The molecule has 302 valence electrons. The zero-order valence-corrected chi connectivity index (χ0v) is 33.2. The first-order valence-corrected chi connectivity index (χ1v) is 20.2. The number of benzene rings is 2. The minimum atomic E-state index is -0.517. The number of hydrogen-bond donors (Lipinski definition) is 0. The molecule has 4 heterocycles. The van der Waals surface area contributed by atoms with Gasteiger partial charge >= 0.3 is 0 Å². The summed E-state index contributed by atoms with van der Waals surface area (Å²) in [5, 5.41) is 0. The first-order chi connectivity index (χ1) is 27.8. The Balaban J connectivity index is 1.10. The monoisotopic (exact) mass is 820 g/mol. The number of anilines is 1. The minimum Gasteiger partial charge on any atom is -0.475 e. The van der Waals surface area contributed by atoms with Gasteiger partial charge in [-0.15, -0.1) is 0 Å². The van der Waals surface area contributed by atoms with E-state index in [9.17, 15) is 24.0 Å². The number of ketones is 1. The van der Waals surface area contributed by atoms with E-state index >= 15 is 0 Å². The molecule has 15 nitrogen and oxygen atoms in total. The highest BCUT2D eigenvalue weighted by Gasteiger charge is 2.41. The maximum absolute atomic E-state index is 14.1. The summed E-state index contributed by atoms with van der Waals surface area (Å²) < 4.78 is 32.5. The van der Waals surface area contributed by atoms with Crippen LogP contribution in [-0.4, -0.2) is 143 Å². The number of rotatable bonds is 19. The first kappa shape index (κ1) is 42.0. The number of ether oxygens (including phenoxy) is 6. The largest absolute Gasteiger partial charge is 0.475 e. The lowest BCUT2D eigenvalue weighted by Gasteiger charge is -2.26. The average molecular weight is 821 g/mol. The van der Waals surface area contributed by atoms with Crippen LogP contribution >= 0.6 is 23.5 Å². The van der Waals surface area contributed by atoms with E-state index < -0.39 is 11.8 Å². The van der Waals surface area contributed by atoms with Crippen LogP contribution in [-0.2, 0) is 38.1 Å². The Morgan fingerprint density at radius 1 is 0.632 bits per heavy atom. The fraction of sp³-hybridized carbons (Fsp3) is 0.400. The lowest BCUT2D eigenvalue weighted by molar-refractivity contribution is -0.122. The summed E-state index contributed by atoms with van der Waals surface area (Å²) >= 11 is 2.28. The third-order valence-electron chi connectivity index (χ3n) is 8.75. The Morgan fingerprint density at radius 2 is 1.09 bits per heavy atom. The molecule has 0 atom stereocenters. The van der Waals surface area contributed by atoms with Crippen LogP contribution < -0.4 is 9.64 Å². The molecule has 0 N–H and O–H groups in total. The van der Waals surface area contributed by atoms with E-state index in [1.807, 2.05) is 0 Å². The highest BCUT2D eigenvalue weighted by atomic mass is 32.2. The highest BCUT2D eigenvalue weighted by molar-refractivity contribution is 8.08. The van der Waals surface area contributed by atoms with Crippen molar-refractivity contribution >= 4 is 58.6 Å². The molecule has 57 heavy (non-hydrogen) atoms. The Morgan fingerprint density at radius 3 is 1.53 bits per heavy atom. The van der Waals surface area contributed by atoms with E-state index in [1.54, 1.807) is 70.5 Å². The fourth-order valence-corrected chi connectivity index (χ4v) is 7.80. The van der Waals surface area contributed by atoms with Gasteiger partial charge in [0.2, 0.25) is 5.88 Å². The molecule has 2 saturated heterocycles. The summed E-state index contributed by atoms with van der Waals surface area (Å²) in [6.45, 7) is 7.49. The standard InChI is InChI=1S/C40H44N4O11S2/c1-28(45)27-54-23-22-52-20-21-53-24-25-55-34-11-6-31(26-41-34)44-39(48)35(56-32-7-2-29(3-8-32)37(46)42-12-16-50-17-13-42)36(40(44)49)57-33-9-4-30(5-10-33)38(47)43-14-18-51-19-15-43/h2-11,26H,12-25,27H2,1H3. The second-order valence-corrected chi connectivity index (χ2v) is 15.0. The summed E-state index contributed by atoms with van der Waals surface area (Å²) in [5.74, 6) is -0.977. The first-order valence-electron chi connectivity index (χ1n) is 18.5. The van der Waals surface area contributed by atoms with Gasteiger partial charge in [-0.3, -0.25) is 24.0 Å². The molecule has 0 aliphatic carbocycles. The molecule has 2 aromatic carbocycles. The van der Waals surface area contributed by atoms with E-state index in [0.717, 1.165) is 28.4 Å². The van der Waals surface area contributed by atoms with Gasteiger partial charge in [0.25, 0.3) is 23.6 Å². The fourth-order valence-electron chi connectivity index (χ4n) is 5.82. The van der Waals surface area contributed by atoms with Crippen molar-refractivity contribution in [3.63, 3.8) is 0 Å². The molecule has 6 rings (SSSR count). The van der Waals surface area contributed by atoms with Gasteiger partial charge in [-0.1, -0.05) is 23.5 Å². The molecule has 0 radical (unpaired) electrons. The Hall–Kier alpha value is -4.62. The lowest BCUT2D eigenvalue weighted by atomic mass is 10.2. The summed E-state index contributed by atoms with van der Waals surface area (Å²) in [4.78, 5) is 75.8. The van der Waals surface area contributed by atoms with Crippen LogP contribution in [0.1, 0.15) is 27.6 Å². The van der Waals surface area contributed by atoms with E-state index in [1.165, 1.54) is 13.1 Å². The highest BCUT2D eigenvalue weighted by Crippen LogP contribution is 2.44. The van der Waals surface area contributed by atoms with E-state index in [-0.39, 0.29) is 58.8 Å². The average Bonchev–Trinajstić information content (AvgIpc) is 3.47. The van der Waals surface area contributed by atoms with Crippen molar-refractivity contribution in [1.82, 2.24) is 14.8 Å². The van der Waals surface area contributed by atoms with Crippen LogP contribution in [0.25, 0.3) is 0 Å². The number of carbonyl (C=O) groups is 5. The summed E-state index contributed by atoms with van der Waals surface area (Å²) in [6, 6.07) is 17.1. The molecule has 4 amide bonds. The van der Waals surface area contributed by atoms with Crippen LogP contribution in [0.4, 0.5) is 5.69 Å². The third-order valence-corrected chi connectivity index (χ3v) is 11.1. The van der Waals surface area contributed by atoms with E-state index in [4.69, 9.17) is 28.4 Å². The molecule has 1 aromatic heterocycles. The van der Waals surface area contributed by atoms with Crippen molar-refractivity contribution in [1.29, 1.82) is 0 Å². The number of Topliss-reactive ketones (excluding diaryl/α,β-unsaturated/α-hetero) is 1. The number of hydrogen-bond acceptors (Lipinski definition) is 14. The molecule has 0 bridgehead atoms. The van der Waals surface area contributed by atoms with Crippen molar-refractivity contribution in [2.24, 2.45) is 0 Å². The van der Waals surface area contributed by atoms with Crippen LogP contribution in [0.2, 0.25) is 0 Å². The van der Waals surface area contributed by atoms with Gasteiger partial charge in [-0.25, -0.2) is 9.88 Å². The number of thioether (sulfide) groups is 2. The maximum Gasteiger partial charge on any atom is 0.273 e. The van der Waals surface area contributed by atoms with E-state index in [2.05, 4.69) is 4.98 Å². The van der Waals surface area contributed by atoms with Gasteiger partial charge in [-0.2, -0.15) is 0 Å². The van der Waals surface area contributed by atoms with Crippen molar-refractivity contribution < 1.29 is 52.4 Å². The van der Waals surface area contributed by atoms with Gasteiger partial charge in [0, 0.05) is 53.2 Å². The van der Waals surface area contributed by atoms with Crippen LogP contribution in [0.3, 0.4) is 0 Å². The number of imide groups is 1. The molecule has 0 spiro atoms. The van der Waals surface area contributed by atoms with Crippen molar-refractivity contribution in [3.05, 3.63) is 87.8 Å². The van der Waals surface area contributed by atoms with Crippen LogP contribution in [0, 0.1) is 0 Å². The second-order valence-electron chi connectivity index (χ2n) is 12.8. The maximum atomic E-state index is 14.1. The molecular weight excluding hydrogens is 777 g/mol. The summed E-state index contributed by atoms with van der Waals surface area (Å²) in [6.07, 6.45) is 1.40. The lowest BCUT2D eigenvalue weighted by Crippen LogP contribution is -2.40. The van der Waals surface area contributed by atoms with E-state index in [0.29, 0.717) is 100.0 Å². The molecule has 3 aliphatic heterocycles. The molecule has 17 heteroatoms. The van der Waals surface area contributed by atoms with Gasteiger partial charge in [0.15, 0.2) is 5.78 Å². The predicted octanol–water partition coefficient (Wildman–Crippen LogP) is 3.71. The zero-order valence-electron chi connectivity index (χ0n) is 31.6. The quantitative estimate of drug-likeness (QED) is 0.127. The van der Waals surface area contributed by atoms with Crippen molar-refractivity contribution in [3.8, 4) is 5.88 Å². The van der Waals surface area contributed by atoms with Gasteiger partial charge in [0.05, 0.1) is 81.2 Å². The third kappa shape index (κ3) is 11.7. The molecule has 3 aromatic rings. The molecule has 0 unspecified atom stereocenters. The number of carbonyl (C=O) groups excluding carboxylic acids is 5. The summed E-state index contributed by atoms with van der Waals surface area (Å²) in [7, 11) is 0. The number of aromatic nitrogens is 1. The topological polar surface area (TPSA) is 163 Å². The number of nitrogens with zero attached hydrogens (tertiary/aromatic N) is 4. The normalized spacial score (nSPS) is 16.1. The Kier molecular flexibility index (Phi) is 15.6. The molecule has 0 saturated carbocycles. The van der Waals surface area contributed by atoms with Gasteiger partial charge in [0.1, 0.15) is 13.2 Å². The Bertz CT molecular complexity index is 1800. The Labute approximate surface area is 338 Å². The smallest absolute Gasteiger partial charge is 0.273 e. The van der Waals surface area contributed by atoms with Crippen molar-refractivity contribution in [2.45, 2.75) is 16.7 Å². The summed E-state index contributed by atoms with van der Waals surface area (Å²) in [5.41, 5.74) is 1.31. The molecular formula is C40H44N4O11S2. The number of morpholine rings is 2. The van der Waals surface area contributed by atoms with Crippen molar-refractivity contribution in [2.75, 3.05) is 104 Å². The van der Waals surface area contributed by atoms with Gasteiger partial charge < -0.3 is 38.2 Å². The predicted molar refractivity (Wildman–Crippen MR) is 210 cm³/mol. The molecule has 2 fully saturated rings. The zero-order chi connectivity index (χ0) is 40.0. The van der Waals surface area contributed by atoms with Gasteiger partial charge in [-0.05, 0) is 61.5 Å². The number of pyridine rings is 1.